The molecule has 2 aliphatic rings. The van der Waals surface area contributed by atoms with E-state index in [4.69, 9.17) is 4.74 Å². The summed E-state index contributed by atoms with van der Waals surface area (Å²) in [5, 5.41) is 2.11. The highest BCUT2D eigenvalue weighted by molar-refractivity contribution is 7.10. The number of rotatable bonds is 5. The van der Waals surface area contributed by atoms with Gasteiger partial charge in [-0.2, -0.15) is 0 Å². The molecule has 142 valence electrons. The minimum atomic E-state index is 0.0151. The first-order valence-corrected chi connectivity index (χ1v) is 10.4. The van der Waals surface area contributed by atoms with E-state index in [1.54, 1.807) is 16.2 Å². The van der Waals surface area contributed by atoms with E-state index < -0.39 is 0 Å². The second-order valence-electron chi connectivity index (χ2n) is 7.00. The predicted octanol–water partition coefficient (Wildman–Crippen LogP) is 3.79. The normalized spacial score (nSPS) is 19.3. The quantitative estimate of drug-likeness (QED) is 0.788. The van der Waals surface area contributed by atoms with Crippen molar-refractivity contribution < 1.29 is 14.3 Å². The highest BCUT2D eigenvalue weighted by Crippen LogP contribution is 2.35. The van der Waals surface area contributed by atoms with Crippen molar-refractivity contribution in [2.75, 3.05) is 24.6 Å². The second kappa shape index (κ2) is 7.72. The van der Waals surface area contributed by atoms with Gasteiger partial charge < -0.3 is 14.5 Å². The Morgan fingerprint density at radius 1 is 1.26 bits per heavy atom. The number of thiophene rings is 1. The first-order chi connectivity index (χ1) is 13.2. The van der Waals surface area contributed by atoms with E-state index in [9.17, 15) is 9.59 Å². The molecule has 2 aliphatic heterocycles. The van der Waals surface area contributed by atoms with Crippen LogP contribution < -0.4 is 9.64 Å². The summed E-state index contributed by atoms with van der Waals surface area (Å²) in [4.78, 5) is 29.9. The van der Waals surface area contributed by atoms with Crippen LogP contribution in [0.2, 0.25) is 0 Å². The number of carbonyl (C=O) groups excluding carboxylic acids is 2. The van der Waals surface area contributed by atoms with Crippen LogP contribution in [0, 0.1) is 0 Å². The van der Waals surface area contributed by atoms with Crippen LogP contribution in [0.15, 0.2) is 35.7 Å². The molecule has 1 unspecified atom stereocenters. The summed E-state index contributed by atoms with van der Waals surface area (Å²) < 4.78 is 5.79. The Kier molecular flexibility index (Phi) is 5.16. The molecule has 2 amide bonds. The average molecular weight is 385 g/mol. The zero-order chi connectivity index (χ0) is 18.8. The van der Waals surface area contributed by atoms with Crippen molar-refractivity contribution in [3.8, 4) is 5.75 Å². The third-order valence-electron chi connectivity index (χ3n) is 5.37. The number of nitrogens with zero attached hydrogens (tertiary/aromatic N) is 2. The average Bonchev–Trinajstić information content (AvgIpc) is 3.34. The molecule has 0 N–H and O–H groups in total. The van der Waals surface area contributed by atoms with E-state index in [1.807, 2.05) is 29.2 Å². The molecule has 1 fully saturated rings. The maximum atomic E-state index is 12.8. The highest BCUT2D eigenvalue weighted by Gasteiger charge is 2.30. The van der Waals surface area contributed by atoms with Crippen LogP contribution in [-0.4, -0.2) is 36.4 Å². The molecular weight excluding hydrogens is 360 g/mol. The van der Waals surface area contributed by atoms with Gasteiger partial charge in [0, 0.05) is 36.1 Å². The fourth-order valence-corrected chi connectivity index (χ4v) is 4.95. The van der Waals surface area contributed by atoms with Gasteiger partial charge in [0.25, 0.3) is 5.91 Å². The van der Waals surface area contributed by atoms with Crippen molar-refractivity contribution >= 4 is 28.8 Å². The molecule has 1 aromatic carbocycles. The molecule has 0 spiro atoms. The van der Waals surface area contributed by atoms with Gasteiger partial charge in [-0.05, 0) is 48.4 Å². The van der Waals surface area contributed by atoms with E-state index in [-0.39, 0.29) is 24.5 Å². The van der Waals surface area contributed by atoms with Crippen molar-refractivity contribution in [1.29, 1.82) is 0 Å². The van der Waals surface area contributed by atoms with Gasteiger partial charge in [-0.1, -0.05) is 13.0 Å². The fraction of sp³-hybridized carbons (Fsp3) is 0.429. The van der Waals surface area contributed by atoms with Crippen LogP contribution in [0.1, 0.15) is 42.7 Å². The molecule has 5 nitrogen and oxygen atoms in total. The summed E-state index contributed by atoms with van der Waals surface area (Å²) in [6.45, 7) is 3.63. The monoisotopic (exact) mass is 384 g/mol. The molecule has 0 bridgehead atoms. The highest BCUT2D eigenvalue weighted by atomic mass is 32.1. The van der Waals surface area contributed by atoms with Gasteiger partial charge in [0.15, 0.2) is 6.61 Å². The zero-order valence-corrected chi connectivity index (χ0v) is 16.3. The SMILES string of the molecule is CCC1c2ccsc2CCN1C(=O)COc1cccc(N2CCCC2=O)c1. The Hall–Kier alpha value is -2.34. The van der Waals surface area contributed by atoms with Crippen molar-refractivity contribution in [3.63, 3.8) is 0 Å². The van der Waals surface area contributed by atoms with Crippen LogP contribution in [-0.2, 0) is 16.0 Å². The number of anilines is 1. The molecule has 0 radical (unpaired) electrons. The van der Waals surface area contributed by atoms with Crippen LogP contribution in [0.4, 0.5) is 5.69 Å². The predicted molar refractivity (Wildman–Crippen MR) is 106 cm³/mol. The molecule has 2 aromatic rings. The molecule has 1 atom stereocenters. The Bertz CT molecular complexity index is 847. The van der Waals surface area contributed by atoms with Crippen molar-refractivity contribution in [3.05, 3.63) is 46.2 Å². The topological polar surface area (TPSA) is 49.9 Å². The maximum Gasteiger partial charge on any atom is 0.261 e. The molecule has 0 saturated carbocycles. The fourth-order valence-electron chi connectivity index (χ4n) is 4.03. The summed E-state index contributed by atoms with van der Waals surface area (Å²) in [6.07, 6.45) is 3.31. The van der Waals surface area contributed by atoms with Gasteiger partial charge in [-0.3, -0.25) is 9.59 Å². The lowest BCUT2D eigenvalue weighted by molar-refractivity contribution is -0.136. The van der Waals surface area contributed by atoms with Gasteiger partial charge in [0.05, 0.1) is 6.04 Å². The Morgan fingerprint density at radius 3 is 2.93 bits per heavy atom. The third-order valence-corrected chi connectivity index (χ3v) is 6.36. The summed E-state index contributed by atoms with van der Waals surface area (Å²) in [6, 6.07) is 9.75. The van der Waals surface area contributed by atoms with E-state index in [0.29, 0.717) is 12.2 Å². The van der Waals surface area contributed by atoms with Gasteiger partial charge in [0.1, 0.15) is 5.75 Å². The summed E-state index contributed by atoms with van der Waals surface area (Å²) in [7, 11) is 0. The first-order valence-electron chi connectivity index (χ1n) is 9.56. The number of hydrogen-bond donors (Lipinski definition) is 0. The molecule has 6 heteroatoms. The first kappa shape index (κ1) is 18.0. The third kappa shape index (κ3) is 3.58. The van der Waals surface area contributed by atoms with Crippen LogP contribution in [0.25, 0.3) is 0 Å². The largest absolute Gasteiger partial charge is 0.484 e. The van der Waals surface area contributed by atoms with E-state index in [1.165, 1.54) is 10.4 Å². The second-order valence-corrected chi connectivity index (χ2v) is 8.00. The maximum absolute atomic E-state index is 12.8. The van der Waals surface area contributed by atoms with Crippen molar-refractivity contribution in [2.45, 2.75) is 38.6 Å². The minimum Gasteiger partial charge on any atom is -0.484 e. The lowest BCUT2D eigenvalue weighted by atomic mass is 9.98. The number of benzene rings is 1. The van der Waals surface area contributed by atoms with Gasteiger partial charge in [-0.25, -0.2) is 0 Å². The Morgan fingerprint density at radius 2 is 2.15 bits per heavy atom. The number of fused-ring (bicyclic) bond motifs is 1. The lowest BCUT2D eigenvalue weighted by Crippen LogP contribution is -2.41. The summed E-state index contributed by atoms with van der Waals surface area (Å²) in [5.74, 6) is 0.789. The summed E-state index contributed by atoms with van der Waals surface area (Å²) in [5.41, 5.74) is 2.13. The smallest absolute Gasteiger partial charge is 0.261 e. The van der Waals surface area contributed by atoms with E-state index >= 15 is 0 Å². The molecular formula is C21H24N2O3S. The van der Waals surface area contributed by atoms with Crippen LogP contribution in [0.3, 0.4) is 0 Å². The minimum absolute atomic E-state index is 0.0151. The molecule has 0 aliphatic carbocycles. The van der Waals surface area contributed by atoms with Gasteiger partial charge in [0.2, 0.25) is 5.91 Å². The van der Waals surface area contributed by atoms with Gasteiger partial charge in [-0.15, -0.1) is 11.3 Å². The number of amides is 2. The zero-order valence-electron chi connectivity index (χ0n) is 15.5. The number of hydrogen-bond acceptors (Lipinski definition) is 4. The number of carbonyl (C=O) groups is 2. The lowest BCUT2D eigenvalue weighted by Gasteiger charge is -2.35. The Labute approximate surface area is 163 Å². The summed E-state index contributed by atoms with van der Waals surface area (Å²) >= 11 is 1.78. The molecule has 1 aromatic heterocycles. The Balaban J connectivity index is 1.42. The van der Waals surface area contributed by atoms with Crippen molar-refractivity contribution in [2.24, 2.45) is 0 Å². The number of ether oxygens (including phenoxy) is 1. The van der Waals surface area contributed by atoms with Crippen LogP contribution in [0.5, 0.6) is 5.75 Å². The molecule has 4 rings (SSSR count). The van der Waals surface area contributed by atoms with Gasteiger partial charge >= 0.3 is 0 Å². The molecule has 1 saturated heterocycles. The van der Waals surface area contributed by atoms with Crippen LogP contribution >= 0.6 is 11.3 Å². The van der Waals surface area contributed by atoms with Crippen molar-refractivity contribution in [1.82, 2.24) is 4.90 Å². The molecule has 3 heterocycles. The van der Waals surface area contributed by atoms with E-state index in [2.05, 4.69) is 18.4 Å². The molecule has 27 heavy (non-hydrogen) atoms. The van der Waals surface area contributed by atoms with E-state index in [0.717, 1.165) is 38.0 Å². The standard InChI is InChI=1S/C21H24N2O3S/c1-2-18-17-9-12-27-19(17)8-11-23(18)21(25)14-26-16-6-3-5-15(13-16)22-10-4-7-20(22)24/h3,5-6,9,12-13,18H,2,4,7-8,10-11,14H2,1H3.